The van der Waals surface area contributed by atoms with Crippen molar-refractivity contribution in [3.8, 4) is 6.07 Å². The highest BCUT2D eigenvalue weighted by Gasteiger charge is 2.01. The van der Waals surface area contributed by atoms with Gasteiger partial charge in [-0.1, -0.05) is 0 Å². The van der Waals surface area contributed by atoms with E-state index in [1.807, 2.05) is 25.1 Å². The van der Waals surface area contributed by atoms with Crippen LogP contribution in [0.4, 0.5) is 0 Å². The molecule has 0 spiro atoms. The molecule has 1 rings (SSSR count). The van der Waals surface area contributed by atoms with Crippen molar-refractivity contribution >= 4 is 11.8 Å². The van der Waals surface area contributed by atoms with E-state index < -0.39 is 0 Å². The fraction of sp³-hybridized carbons (Fsp3) is 0.111. The third-order valence-electron chi connectivity index (χ3n) is 1.67. The van der Waals surface area contributed by atoms with Crippen molar-refractivity contribution in [3.05, 3.63) is 29.6 Å². The second kappa shape index (κ2) is 3.54. The van der Waals surface area contributed by atoms with Crippen LogP contribution in [0.25, 0.3) is 5.57 Å². The molecule has 0 atom stereocenters. The van der Waals surface area contributed by atoms with Crippen LogP contribution in [0.5, 0.6) is 0 Å². The Labute approximate surface area is 70.9 Å². The van der Waals surface area contributed by atoms with E-state index in [1.165, 1.54) is 0 Å². The summed E-state index contributed by atoms with van der Waals surface area (Å²) < 4.78 is 0. The number of hydrogen-bond donors (Lipinski definition) is 2. The van der Waals surface area contributed by atoms with Gasteiger partial charge >= 0.3 is 0 Å². The lowest BCUT2D eigenvalue weighted by Gasteiger charge is -1.96. The molecule has 1 aromatic heterocycles. The molecule has 1 aromatic rings. The highest BCUT2D eigenvalue weighted by atomic mass is 14.7. The maximum atomic E-state index is 8.62. The Kier molecular flexibility index (Phi) is 2.44. The summed E-state index contributed by atoms with van der Waals surface area (Å²) in [6.07, 6.45) is 2.86. The van der Waals surface area contributed by atoms with Crippen LogP contribution in [0.2, 0.25) is 0 Å². The molecule has 0 aliphatic carbocycles. The molecule has 0 unspecified atom stereocenters. The summed E-state index contributed by atoms with van der Waals surface area (Å²) in [5.41, 5.74) is 2.07. The minimum absolute atomic E-state index is 0.387. The van der Waals surface area contributed by atoms with Gasteiger partial charge in [-0.3, -0.25) is 0 Å². The number of nitriles is 1. The molecule has 0 bridgehead atoms. The SMILES string of the molecule is C/C(=C(\C#N)C=N)c1ccc[nH]1. The summed E-state index contributed by atoms with van der Waals surface area (Å²) in [7, 11) is 0. The van der Waals surface area contributed by atoms with E-state index in [9.17, 15) is 0 Å². The molecule has 0 aliphatic heterocycles. The van der Waals surface area contributed by atoms with E-state index >= 15 is 0 Å². The van der Waals surface area contributed by atoms with Crippen molar-refractivity contribution in [2.75, 3.05) is 0 Å². The third-order valence-corrected chi connectivity index (χ3v) is 1.67. The number of H-pyrrole nitrogens is 1. The lowest BCUT2D eigenvalue weighted by atomic mass is 10.1. The number of aromatic nitrogens is 1. The molecular weight excluding hydrogens is 150 g/mol. The minimum atomic E-state index is 0.387. The lowest BCUT2D eigenvalue weighted by molar-refractivity contribution is 1.33. The van der Waals surface area contributed by atoms with Gasteiger partial charge in [0.25, 0.3) is 0 Å². The van der Waals surface area contributed by atoms with E-state index in [-0.39, 0.29) is 0 Å². The molecule has 2 N–H and O–H groups in total. The van der Waals surface area contributed by atoms with Gasteiger partial charge in [-0.2, -0.15) is 5.26 Å². The monoisotopic (exact) mass is 159 g/mol. The molecule has 0 fully saturated rings. The molecule has 3 nitrogen and oxygen atoms in total. The van der Waals surface area contributed by atoms with E-state index in [0.717, 1.165) is 17.5 Å². The average molecular weight is 159 g/mol. The van der Waals surface area contributed by atoms with E-state index in [2.05, 4.69) is 4.98 Å². The summed E-state index contributed by atoms with van der Waals surface area (Å²) >= 11 is 0. The van der Waals surface area contributed by atoms with Crippen LogP contribution in [0.1, 0.15) is 12.6 Å². The van der Waals surface area contributed by atoms with Crippen LogP contribution in [-0.4, -0.2) is 11.2 Å². The molecule has 1 heterocycles. The van der Waals surface area contributed by atoms with Gasteiger partial charge < -0.3 is 10.4 Å². The van der Waals surface area contributed by atoms with Crippen LogP contribution in [0, 0.1) is 16.7 Å². The van der Waals surface area contributed by atoms with Crippen molar-refractivity contribution in [3.63, 3.8) is 0 Å². The number of aromatic amines is 1. The molecule has 0 aliphatic rings. The molecule has 0 saturated heterocycles. The zero-order valence-electron chi connectivity index (χ0n) is 6.76. The minimum Gasteiger partial charge on any atom is -0.361 e. The predicted octanol–water partition coefficient (Wildman–Crippen LogP) is 1.96. The topological polar surface area (TPSA) is 63.4 Å². The molecule has 0 aromatic carbocycles. The highest BCUT2D eigenvalue weighted by molar-refractivity contribution is 5.92. The second-order valence-electron chi connectivity index (χ2n) is 2.38. The molecule has 60 valence electrons. The molecule has 0 amide bonds. The van der Waals surface area contributed by atoms with Crippen LogP contribution in [0.15, 0.2) is 23.9 Å². The van der Waals surface area contributed by atoms with E-state index in [4.69, 9.17) is 10.7 Å². The van der Waals surface area contributed by atoms with Crippen LogP contribution < -0.4 is 0 Å². The molecular formula is C9H9N3. The third kappa shape index (κ3) is 1.43. The normalized spacial score (nSPS) is 11.7. The van der Waals surface area contributed by atoms with Crippen molar-refractivity contribution in [2.24, 2.45) is 0 Å². The van der Waals surface area contributed by atoms with Crippen molar-refractivity contribution in [2.45, 2.75) is 6.92 Å². The summed E-state index contributed by atoms with van der Waals surface area (Å²) in [5.74, 6) is 0. The number of nitrogens with zero attached hydrogens (tertiary/aromatic N) is 1. The smallest absolute Gasteiger partial charge is 0.101 e. The first-order chi connectivity index (χ1) is 5.79. The van der Waals surface area contributed by atoms with E-state index in [0.29, 0.717) is 5.57 Å². The molecule has 0 radical (unpaired) electrons. The Bertz CT molecular complexity index is 338. The van der Waals surface area contributed by atoms with Crippen LogP contribution in [-0.2, 0) is 0 Å². The molecule has 3 heteroatoms. The quantitative estimate of drug-likeness (QED) is 0.502. The number of nitrogens with one attached hydrogen (secondary N) is 2. The summed E-state index contributed by atoms with van der Waals surface area (Å²) in [5, 5.41) is 15.6. The van der Waals surface area contributed by atoms with Crippen molar-refractivity contribution in [1.82, 2.24) is 4.98 Å². The maximum absolute atomic E-state index is 8.62. The Hall–Kier alpha value is -1.82. The zero-order valence-corrected chi connectivity index (χ0v) is 6.76. The van der Waals surface area contributed by atoms with Gasteiger partial charge in [0.05, 0.1) is 5.57 Å². The zero-order chi connectivity index (χ0) is 8.97. The van der Waals surface area contributed by atoms with Gasteiger partial charge in [-0.05, 0) is 24.6 Å². The Morgan fingerprint density at radius 3 is 2.92 bits per heavy atom. The number of allylic oxidation sites excluding steroid dienone is 2. The van der Waals surface area contributed by atoms with Gasteiger partial charge in [0, 0.05) is 18.1 Å². The highest BCUT2D eigenvalue weighted by Crippen LogP contribution is 2.13. The fourth-order valence-electron chi connectivity index (χ4n) is 0.933. The van der Waals surface area contributed by atoms with Gasteiger partial charge in [-0.15, -0.1) is 0 Å². The van der Waals surface area contributed by atoms with Gasteiger partial charge in [-0.25, -0.2) is 0 Å². The van der Waals surface area contributed by atoms with Gasteiger partial charge in [0.2, 0.25) is 0 Å². The molecule has 12 heavy (non-hydrogen) atoms. The second-order valence-corrected chi connectivity index (χ2v) is 2.38. The first-order valence-corrected chi connectivity index (χ1v) is 3.54. The Balaban J connectivity index is 3.13. The Morgan fingerprint density at radius 2 is 2.50 bits per heavy atom. The number of hydrogen-bond acceptors (Lipinski definition) is 2. The fourth-order valence-corrected chi connectivity index (χ4v) is 0.933. The predicted molar refractivity (Wildman–Crippen MR) is 47.8 cm³/mol. The first kappa shape index (κ1) is 8.28. The largest absolute Gasteiger partial charge is 0.361 e. The standard InChI is InChI=1S/C9H9N3/c1-7(8(5-10)6-11)9-3-2-4-12-9/h2-5,10,12H,1H3/b8-7+,10-5?. The maximum Gasteiger partial charge on any atom is 0.101 e. The van der Waals surface area contributed by atoms with Gasteiger partial charge in [0.1, 0.15) is 6.07 Å². The van der Waals surface area contributed by atoms with Crippen LogP contribution in [0.3, 0.4) is 0 Å². The van der Waals surface area contributed by atoms with Gasteiger partial charge in [0.15, 0.2) is 0 Å². The summed E-state index contributed by atoms with van der Waals surface area (Å²) in [6.45, 7) is 1.81. The van der Waals surface area contributed by atoms with E-state index in [1.54, 1.807) is 6.20 Å². The Morgan fingerprint density at radius 1 is 1.75 bits per heavy atom. The van der Waals surface area contributed by atoms with Crippen LogP contribution >= 0.6 is 0 Å². The summed E-state index contributed by atoms with van der Waals surface area (Å²) in [6, 6.07) is 5.69. The first-order valence-electron chi connectivity index (χ1n) is 3.54. The molecule has 0 saturated carbocycles. The average Bonchev–Trinajstić information content (AvgIpc) is 2.58. The number of rotatable bonds is 2. The summed E-state index contributed by atoms with van der Waals surface area (Å²) in [4.78, 5) is 2.97. The lowest BCUT2D eigenvalue weighted by Crippen LogP contribution is -1.87. The van der Waals surface area contributed by atoms with Crippen molar-refractivity contribution in [1.29, 1.82) is 10.7 Å². The van der Waals surface area contributed by atoms with Crippen molar-refractivity contribution < 1.29 is 0 Å².